The Morgan fingerprint density at radius 2 is 2.29 bits per heavy atom. The highest BCUT2D eigenvalue weighted by atomic mass is 35.5. The van der Waals surface area contributed by atoms with E-state index in [9.17, 15) is 4.39 Å². The second-order valence-electron chi connectivity index (χ2n) is 2.65. The molecule has 1 aromatic carbocycles. The van der Waals surface area contributed by atoms with Crippen molar-refractivity contribution in [2.24, 2.45) is 0 Å². The van der Waals surface area contributed by atoms with Gasteiger partial charge in [0.15, 0.2) is 0 Å². The Balaban J connectivity index is 2.72. The predicted molar refractivity (Wildman–Crippen MR) is 58.4 cm³/mol. The summed E-state index contributed by atoms with van der Waals surface area (Å²) in [5.41, 5.74) is 6.02. The zero-order valence-electron chi connectivity index (χ0n) is 7.72. The maximum absolute atomic E-state index is 12.9. The Morgan fingerprint density at radius 3 is 2.93 bits per heavy atom. The molecule has 1 rings (SSSR count). The quantitative estimate of drug-likeness (QED) is 0.495. The molecule has 1 aromatic rings. The summed E-state index contributed by atoms with van der Waals surface area (Å²) >= 11 is 7.12. The molecule has 14 heavy (non-hydrogen) atoms. The number of benzene rings is 1. The fourth-order valence-corrected chi connectivity index (χ4v) is 2.03. The van der Waals surface area contributed by atoms with Crippen LogP contribution in [-0.4, -0.2) is 19.5 Å². The van der Waals surface area contributed by atoms with Crippen LogP contribution in [0.25, 0.3) is 0 Å². The summed E-state index contributed by atoms with van der Waals surface area (Å²) in [5.74, 6) is 0.281. The first kappa shape index (κ1) is 11.6. The number of nitrogens with two attached hydrogens (primary N) is 1. The maximum Gasteiger partial charge on any atom is 0.143 e. The third-order valence-corrected chi connectivity index (χ3v) is 2.92. The molecule has 0 amide bonds. The monoisotopic (exact) mass is 235 g/mol. The molecular formula is C9H11ClFNOS. The molecule has 0 heterocycles. The van der Waals surface area contributed by atoms with E-state index in [1.165, 1.54) is 23.9 Å². The van der Waals surface area contributed by atoms with E-state index < -0.39 is 5.82 Å². The lowest BCUT2D eigenvalue weighted by molar-refractivity contribution is 0.218. The van der Waals surface area contributed by atoms with E-state index in [0.717, 1.165) is 10.6 Å². The molecule has 2 nitrogen and oxygen atoms in total. The van der Waals surface area contributed by atoms with Gasteiger partial charge in [0.25, 0.3) is 0 Å². The van der Waals surface area contributed by atoms with Gasteiger partial charge in [-0.15, -0.1) is 11.8 Å². The lowest BCUT2D eigenvalue weighted by atomic mass is 10.3. The van der Waals surface area contributed by atoms with E-state index >= 15 is 0 Å². The molecule has 0 radical (unpaired) electrons. The van der Waals surface area contributed by atoms with Gasteiger partial charge in [-0.25, -0.2) is 4.39 Å². The molecule has 0 unspecified atom stereocenters. The number of anilines is 1. The summed E-state index contributed by atoms with van der Waals surface area (Å²) in [5, 5.41) is 0.0964. The number of methoxy groups -OCH3 is 1. The first-order valence-corrected chi connectivity index (χ1v) is 5.37. The number of ether oxygens (including phenoxy) is 1. The van der Waals surface area contributed by atoms with E-state index in [1.54, 1.807) is 7.11 Å². The Labute approximate surface area is 91.6 Å². The van der Waals surface area contributed by atoms with Crippen LogP contribution in [0.15, 0.2) is 17.0 Å². The van der Waals surface area contributed by atoms with Crippen LogP contribution in [0, 0.1) is 5.82 Å². The van der Waals surface area contributed by atoms with Crippen LogP contribution in [-0.2, 0) is 4.74 Å². The van der Waals surface area contributed by atoms with Crippen LogP contribution in [0.1, 0.15) is 0 Å². The average Bonchev–Trinajstić information content (AvgIpc) is 2.14. The summed E-state index contributed by atoms with van der Waals surface area (Å²) in [4.78, 5) is 0.786. The van der Waals surface area contributed by atoms with Gasteiger partial charge in [0.2, 0.25) is 0 Å². The topological polar surface area (TPSA) is 35.2 Å². The smallest absolute Gasteiger partial charge is 0.143 e. The minimum Gasteiger partial charge on any atom is -0.398 e. The number of hydrogen-bond acceptors (Lipinski definition) is 3. The summed E-state index contributed by atoms with van der Waals surface area (Å²) in [6, 6.07) is 2.77. The van der Waals surface area contributed by atoms with Gasteiger partial charge >= 0.3 is 0 Å². The van der Waals surface area contributed by atoms with Crippen molar-refractivity contribution < 1.29 is 9.13 Å². The summed E-state index contributed by atoms with van der Waals surface area (Å²) in [6.07, 6.45) is 0. The van der Waals surface area contributed by atoms with Crippen molar-refractivity contribution in [3.05, 3.63) is 23.0 Å². The Kier molecular flexibility index (Phi) is 4.51. The lowest BCUT2D eigenvalue weighted by Crippen LogP contribution is -1.95. The average molecular weight is 236 g/mol. The van der Waals surface area contributed by atoms with E-state index in [1.807, 2.05) is 0 Å². The van der Waals surface area contributed by atoms with Crippen LogP contribution in [0.3, 0.4) is 0 Å². The number of thioether (sulfide) groups is 1. The molecule has 0 atom stereocenters. The van der Waals surface area contributed by atoms with E-state index in [-0.39, 0.29) is 5.02 Å². The van der Waals surface area contributed by atoms with Gasteiger partial charge in [0, 0.05) is 23.4 Å². The molecule has 0 aliphatic carbocycles. The van der Waals surface area contributed by atoms with Crippen LogP contribution < -0.4 is 5.73 Å². The minimum absolute atomic E-state index is 0.0964. The Morgan fingerprint density at radius 1 is 1.57 bits per heavy atom. The van der Waals surface area contributed by atoms with Crippen molar-refractivity contribution in [2.45, 2.75) is 4.90 Å². The highest BCUT2D eigenvalue weighted by molar-refractivity contribution is 7.99. The van der Waals surface area contributed by atoms with Crippen molar-refractivity contribution in [2.75, 3.05) is 25.2 Å². The molecule has 0 spiro atoms. The van der Waals surface area contributed by atoms with E-state index in [4.69, 9.17) is 22.1 Å². The highest BCUT2D eigenvalue weighted by Crippen LogP contribution is 2.29. The number of rotatable bonds is 4. The molecule has 0 saturated heterocycles. The standard InChI is InChI=1S/C9H11ClFNOS/c1-13-2-3-14-9-4-6(10)7(11)5-8(9)12/h4-5H,2-3,12H2,1H3. The van der Waals surface area contributed by atoms with Crippen molar-refractivity contribution in [1.82, 2.24) is 0 Å². The SMILES string of the molecule is COCCSc1cc(Cl)c(F)cc1N. The van der Waals surface area contributed by atoms with Crippen molar-refractivity contribution in [3.8, 4) is 0 Å². The number of hydrogen-bond donors (Lipinski definition) is 1. The zero-order valence-corrected chi connectivity index (χ0v) is 9.29. The van der Waals surface area contributed by atoms with Gasteiger partial charge < -0.3 is 10.5 Å². The second kappa shape index (κ2) is 5.44. The molecule has 0 aliphatic rings. The van der Waals surface area contributed by atoms with E-state index in [2.05, 4.69) is 0 Å². The van der Waals surface area contributed by atoms with Gasteiger partial charge in [-0.05, 0) is 12.1 Å². The molecule has 0 aromatic heterocycles. The van der Waals surface area contributed by atoms with Gasteiger partial charge in [-0.3, -0.25) is 0 Å². The van der Waals surface area contributed by atoms with E-state index in [0.29, 0.717) is 12.3 Å². The highest BCUT2D eigenvalue weighted by Gasteiger charge is 2.06. The third-order valence-electron chi connectivity index (χ3n) is 1.60. The summed E-state index contributed by atoms with van der Waals surface area (Å²) in [7, 11) is 1.63. The first-order chi connectivity index (χ1) is 6.65. The molecule has 0 saturated carbocycles. The number of halogens is 2. The van der Waals surface area contributed by atoms with Crippen molar-refractivity contribution >= 4 is 29.1 Å². The van der Waals surface area contributed by atoms with Crippen LogP contribution >= 0.6 is 23.4 Å². The fourth-order valence-electron chi connectivity index (χ4n) is 0.904. The van der Waals surface area contributed by atoms with Gasteiger partial charge in [0.1, 0.15) is 5.82 Å². The third kappa shape index (κ3) is 3.04. The van der Waals surface area contributed by atoms with Gasteiger partial charge in [-0.1, -0.05) is 11.6 Å². The van der Waals surface area contributed by atoms with Crippen LogP contribution in [0.5, 0.6) is 0 Å². The maximum atomic E-state index is 12.9. The van der Waals surface area contributed by atoms with Crippen molar-refractivity contribution in [1.29, 1.82) is 0 Å². The molecule has 0 aliphatic heterocycles. The second-order valence-corrected chi connectivity index (χ2v) is 4.19. The molecule has 5 heteroatoms. The first-order valence-electron chi connectivity index (χ1n) is 4.01. The lowest BCUT2D eigenvalue weighted by Gasteiger charge is -2.06. The molecule has 0 bridgehead atoms. The normalized spacial score (nSPS) is 10.5. The molecule has 0 fully saturated rings. The largest absolute Gasteiger partial charge is 0.398 e. The molecule has 78 valence electrons. The summed E-state index contributed by atoms with van der Waals surface area (Å²) in [6.45, 7) is 0.624. The Bertz CT molecular complexity index is 322. The molecular weight excluding hydrogens is 225 g/mol. The molecule has 2 N–H and O–H groups in total. The van der Waals surface area contributed by atoms with Crippen molar-refractivity contribution in [3.63, 3.8) is 0 Å². The Hall–Kier alpha value is -0.450. The predicted octanol–water partition coefficient (Wildman–Crippen LogP) is 2.80. The summed E-state index contributed by atoms with van der Waals surface area (Å²) < 4.78 is 17.8. The number of nitrogen functional groups attached to an aromatic ring is 1. The van der Waals surface area contributed by atoms with Gasteiger partial charge in [-0.2, -0.15) is 0 Å². The van der Waals surface area contributed by atoms with Crippen LogP contribution in [0.2, 0.25) is 5.02 Å². The zero-order chi connectivity index (χ0) is 10.6. The fraction of sp³-hybridized carbons (Fsp3) is 0.333. The minimum atomic E-state index is -0.486. The van der Waals surface area contributed by atoms with Crippen LogP contribution in [0.4, 0.5) is 10.1 Å². The van der Waals surface area contributed by atoms with Gasteiger partial charge in [0.05, 0.1) is 11.6 Å².